The topological polar surface area (TPSA) is 9.23 Å². The summed E-state index contributed by atoms with van der Waals surface area (Å²) in [6.07, 6.45) is 8.47. The van der Waals surface area contributed by atoms with Gasteiger partial charge in [-0.15, -0.1) is 0 Å². The van der Waals surface area contributed by atoms with Gasteiger partial charge in [0.25, 0.3) is 0 Å². The first-order valence-electron chi connectivity index (χ1n) is 7.40. The molecule has 0 spiro atoms. The fourth-order valence-corrected chi connectivity index (χ4v) is 2.74. The number of rotatable bonds is 8. The number of halogens is 2. The zero-order valence-corrected chi connectivity index (χ0v) is 14.1. The first kappa shape index (κ1) is 17.4. The van der Waals surface area contributed by atoms with Crippen LogP contribution in [0.5, 0.6) is 5.75 Å². The second-order valence-electron chi connectivity index (χ2n) is 4.87. The molecule has 0 saturated carbocycles. The summed E-state index contributed by atoms with van der Waals surface area (Å²) < 4.78 is 5.85. The van der Waals surface area contributed by atoms with Gasteiger partial charge in [-0.1, -0.05) is 56.1 Å². The van der Waals surface area contributed by atoms with Crippen LogP contribution in [-0.2, 0) is 0 Å². The highest BCUT2D eigenvalue weighted by atomic mass is 35.5. The minimum absolute atomic E-state index is 0.390. The molecule has 0 radical (unpaired) electrons. The molecule has 3 heteroatoms. The second-order valence-corrected chi connectivity index (χ2v) is 5.72. The fraction of sp³-hybridized carbons (Fsp3) is 0.529. The molecule has 1 rings (SSSR count). The maximum Gasteiger partial charge on any atom is 0.141 e. The zero-order valence-electron chi connectivity index (χ0n) is 12.6. The van der Waals surface area contributed by atoms with Crippen molar-refractivity contribution in [3.63, 3.8) is 0 Å². The van der Waals surface area contributed by atoms with Crippen LogP contribution in [0.2, 0.25) is 10.0 Å². The summed E-state index contributed by atoms with van der Waals surface area (Å²) in [6.45, 7) is 7.09. The minimum atomic E-state index is 0.390. The summed E-state index contributed by atoms with van der Waals surface area (Å²) in [5.41, 5.74) is 1.12. The van der Waals surface area contributed by atoms with Gasteiger partial charge in [0.2, 0.25) is 0 Å². The Kier molecular flexibility index (Phi) is 8.09. The second kappa shape index (κ2) is 9.31. The molecule has 0 aromatic heterocycles. The third-order valence-corrected chi connectivity index (χ3v) is 3.74. The Bertz CT molecular complexity index is 441. The molecule has 112 valence electrons. The van der Waals surface area contributed by atoms with Gasteiger partial charge in [-0.05, 0) is 43.7 Å². The molecule has 0 N–H and O–H groups in total. The monoisotopic (exact) mass is 314 g/mol. The third kappa shape index (κ3) is 5.03. The van der Waals surface area contributed by atoms with E-state index in [4.69, 9.17) is 27.9 Å². The Hall–Kier alpha value is -0.660. The van der Waals surface area contributed by atoms with E-state index in [1.54, 1.807) is 6.07 Å². The average Bonchev–Trinajstić information content (AvgIpc) is 2.42. The molecule has 0 aliphatic rings. The van der Waals surface area contributed by atoms with Crippen LogP contribution in [0.3, 0.4) is 0 Å². The van der Waals surface area contributed by atoms with Crippen LogP contribution in [0.25, 0.3) is 0 Å². The highest BCUT2D eigenvalue weighted by Gasteiger charge is 2.17. The SMILES string of the molecule is CC/C=C\CC(CC)c1cc(Cl)cc(Cl)c1OCCC. The van der Waals surface area contributed by atoms with Crippen molar-refractivity contribution in [2.24, 2.45) is 0 Å². The molecule has 0 bridgehead atoms. The van der Waals surface area contributed by atoms with Gasteiger partial charge in [0.05, 0.1) is 11.6 Å². The lowest BCUT2D eigenvalue weighted by atomic mass is 9.92. The molecular formula is C17H24Cl2O. The van der Waals surface area contributed by atoms with Gasteiger partial charge in [-0.25, -0.2) is 0 Å². The van der Waals surface area contributed by atoms with E-state index in [0.717, 1.165) is 37.0 Å². The van der Waals surface area contributed by atoms with E-state index in [-0.39, 0.29) is 0 Å². The molecular weight excluding hydrogens is 291 g/mol. The molecule has 1 aromatic carbocycles. The van der Waals surface area contributed by atoms with Crippen LogP contribution in [0.4, 0.5) is 0 Å². The molecule has 1 unspecified atom stereocenters. The summed E-state index contributed by atoms with van der Waals surface area (Å²) in [7, 11) is 0. The van der Waals surface area contributed by atoms with Crippen LogP contribution in [0, 0.1) is 0 Å². The Morgan fingerprint density at radius 2 is 1.90 bits per heavy atom. The minimum Gasteiger partial charge on any atom is -0.492 e. The summed E-state index contributed by atoms with van der Waals surface area (Å²) in [5, 5.41) is 1.28. The maximum atomic E-state index is 6.31. The quantitative estimate of drug-likeness (QED) is 0.489. The van der Waals surface area contributed by atoms with Crippen molar-refractivity contribution in [2.45, 2.75) is 52.4 Å². The first-order valence-corrected chi connectivity index (χ1v) is 8.16. The van der Waals surface area contributed by atoms with E-state index < -0.39 is 0 Å². The molecule has 0 saturated heterocycles. The molecule has 0 heterocycles. The summed E-state index contributed by atoms with van der Waals surface area (Å²) in [4.78, 5) is 0. The van der Waals surface area contributed by atoms with Crippen molar-refractivity contribution in [3.05, 3.63) is 39.9 Å². The largest absolute Gasteiger partial charge is 0.492 e. The van der Waals surface area contributed by atoms with E-state index in [0.29, 0.717) is 22.6 Å². The number of allylic oxidation sites excluding steroid dienone is 2. The Morgan fingerprint density at radius 3 is 2.50 bits per heavy atom. The normalized spacial score (nSPS) is 12.8. The van der Waals surface area contributed by atoms with Crippen molar-refractivity contribution >= 4 is 23.2 Å². The van der Waals surface area contributed by atoms with E-state index >= 15 is 0 Å². The van der Waals surface area contributed by atoms with Gasteiger partial charge in [0, 0.05) is 10.6 Å². The summed E-state index contributed by atoms with van der Waals surface area (Å²) >= 11 is 12.5. The molecule has 1 atom stereocenters. The predicted octanol–water partition coefficient (Wildman–Crippen LogP) is 6.63. The lowest BCUT2D eigenvalue weighted by Crippen LogP contribution is -2.04. The van der Waals surface area contributed by atoms with E-state index in [1.807, 2.05) is 6.07 Å². The Morgan fingerprint density at radius 1 is 1.15 bits per heavy atom. The fourth-order valence-electron chi connectivity index (χ4n) is 2.18. The first-order chi connectivity index (χ1) is 9.63. The van der Waals surface area contributed by atoms with Crippen LogP contribution in [0.15, 0.2) is 24.3 Å². The highest BCUT2D eigenvalue weighted by molar-refractivity contribution is 6.35. The van der Waals surface area contributed by atoms with Crippen molar-refractivity contribution in [1.82, 2.24) is 0 Å². The van der Waals surface area contributed by atoms with Gasteiger partial charge in [0.1, 0.15) is 5.75 Å². The molecule has 20 heavy (non-hydrogen) atoms. The number of hydrogen-bond acceptors (Lipinski definition) is 1. The van der Waals surface area contributed by atoms with Crippen LogP contribution < -0.4 is 4.74 Å². The van der Waals surface area contributed by atoms with Gasteiger partial charge in [-0.2, -0.15) is 0 Å². The highest BCUT2D eigenvalue weighted by Crippen LogP contribution is 2.39. The van der Waals surface area contributed by atoms with E-state index in [1.165, 1.54) is 0 Å². The number of hydrogen-bond donors (Lipinski definition) is 0. The van der Waals surface area contributed by atoms with Crippen molar-refractivity contribution in [1.29, 1.82) is 0 Å². The number of benzene rings is 1. The van der Waals surface area contributed by atoms with E-state index in [9.17, 15) is 0 Å². The van der Waals surface area contributed by atoms with Crippen LogP contribution in [-0.4, -0.2) is 6.61 Å². The molecule has 0 aliphatic heterocycles. The molecule has 0 amide bonds. The Balaban J connectivity index is 3.07. The van der Waals surface area contributed by atoms with E-state index in [2.05, 4.69) is 32.9 Å². The lowest BCUT2D eigenvalue weighted by molar-refractivity contribution is 0.312. The molecule has 0 fully saturated rings. The summed E-state index contributed by atoms with van der Waals surface area (Å²) in [5.74, 6) is 1.19. The molecule has 1 aromatic rings. The van der Waals surface area contributed by atoms with Crippen molar-refractivity contribution < 1.29 is 4.74 Å². The zero-order chi connectivity index (χ0) is 15.0. The molecule has 0 aliphatic carbocycles. The maximum absolute atomic E-state index is 6.31. The van der Waals surface area contributed by atoms with Crippen molar-refractivity contribution in [2.75, 3.05) is 6.61 Å². The molecule has 1 nitrogen and oxygen atoms in total. The smallest absolute Gasteiger partial charge is 0.141 e. The van der Waals surface area contributed by atoms with Gasteiger partial charge in [0.15, 0.2) is 0 Å². The lowest BCUT2D eigenvalue weighted by Gasteiger charge is -2.19. The standard InChI is InChI=1S/C17H24Cl2O/c1-4-7-8-9-13(6-3)15-11-14(18)12-16(19)17(15)20-10-5-2/h7-8,11-13H,4-6,9-10H2,1-3H3/b8-7-. The third-order valence-electron chi connectivity index (χ3n) is 3.24. The Labute approximate surface area is 132 Å². The van der Waals surface area contributed by atoms with Crippen LogP contribution >= 0.6 is 23.2 Å². The summed E-state index contributed by atoms with van der Waals surface area (Å²) in [6, 6.07) is 3.75. The van der Waals surface area contributed by atoms with Gasteiger partial charge in [-0.3, -0.25) is 0 Å². The van der Waals surface area contributed by atoms with Crippen molar-refractivity contribution in [3.8, 4) is 5.75 Å². The number of ether oxygens (including phenoxy) is 1. The predicted molar refractivity (Wildman–Crippen MR) is 89.3 cm³/mol. The average molecular weight is 315 g/mol. The van der Waals surface area contributed by atoms with Gasteiger partial charge < -0.3 is 4.74 Å². The van der Waals surface area contributed by atoms with Crippen LogP contribution in [0.1, 0.15) is 57.9 Å². The van der Waals surface area contributed by atoms with Gasteiger partial charge >= 0.3 is 0 Å².